The molecule has 1 amide bonds. The Bertz CT molecular complexity index is 811. The molecule has 0 bridgehead atoms. The fourth-order valence-corrected chi connectivity index (χ4v) is 5.04. The van der Waals surface area contributed by atoms with Crippen LogP contribution in [0.4, 0.5) is 0 Å². The number of benzene rings is 1. The maximum absolute atomic E-state index is 13.3. The lowest BCUT2D eigenvalue weighted by atomic mass is 10.0. The van der Waals surface area contributed by atoms with E-state index in [0.29, 0.717) is 19.3 Å². The number of nitrogens with one attached hydrogen (secondary N) is 1. The second-order valence-electron chi connectivity index (χ2n) is 8.67. The van der Waals surface area contributed by atoms with E-state index in [0.717, 1.165) is 30.6 Å². The lowest BCUT2D eigenvalue weighted by Gasteiger charge is -2.31. The number of esters is 1. The zero-order valence-corrected chi connectivity index (χ0v) is 19.1. The van der Waals surface area contributed by atoms with Crippen LogP contribution in [0.1, 0.15) is 51.5 Å². The molecule has 0 aromatic heterocycles. The van der Waals surface area contributed by atoms with E-state index in [1.54, 1.807) is 25.9 Å². The number of aliphatic carboxylic acids is 1. The summed E-state index contributed by atoms with van der Waals surface area (Å²) in [4.78, 5) is 39.2. The molecule has 1 heterocycles. The fraction of sp³-hybridized carbons (Fsp3) is 0.625. The van der Waals surface area contributed by atoms with Gasteiger partial charge in [-0.2, -0.15) is 0 Å². The maximum atomic E-state index is 13.3. The van der Waals surface area contributed by atoms with Crippen molar-refractivity contribution < 1.29 is 29.0 Å². The summed E-state index contributed by atoms with van der Waals surface area (Å²) in [7, 11) is 1.61. The molecule has 1 aromatic rings. The molecule has 8 nitrogen and oxygen atoms in total. The third kappa shape index (κ3) is 5.41. The molecular weight excluding hydrogens is 412 g/mol. The number of hydrogen-bond acceptors (Lipinski definition) is 6. The SMILES string of the molecule is CCOC(=O)[C@H](CCc1ccc(OC)cc1)N[C@@H](C)C(=O)N1[C@H](C(=O)O)C[C@@H]2CCC[C@@H]21. The van der Waals surface area contributed by atoms with Crippen molar-refractivity contribution in [2.24, 2.45) is 5.92 Å². The van der Waals surface area contributed by atoms with Gasteiger partial charge in [-0.3, -0.25) is 14.9 Å². The number of aryl methyl sites for hydroxylation is 1. The van der Waals surface area contributed by atoms with Gasteiger partial charge in [-0.15, -0.1) is 0 Å². The van der Waals surface area contributed by atoms with Crippen LogP contribution in [0.25, 0.3) is 0 Å². The van der Waals surface area contributed by atoms with Crippen LogP contribution in [0.15, 0.2) is 24.3 Å². The van der Waals surface area contributed by atoms with Gasteiger partial charge in [0, 0.05) is 6.04 Å². The van der Waals surface area contributed by atoms with Crippen LogP contribution < -0.4 is 10.1 Å². The Balaban J connectivity index is 1.67. The van der Waals surface area contributed by atoms with Gasteiger partial charge in [0.1, 0.15) is 17.8 Å². The van der Waals surface area contributed by atoms with Gasteiger partial charge in [0.2, 0.25) is 5.91 Å². The summed E-state index contributed by atoms with van der Waals surface area (Å²) in [6.07, 6.45) is 4.40. The molecule has 0 radical (unpaired) electrons. The lowest BCUT2D eigenvalue weighted by molar-refractivity contribution is -0.151. The highest BCUT2D eigenvalue weighted by molar-refractivity contribution is 5.88. The van der Waals surface area contributed by atoms with Gasteiger partial charge in [0.05, 0.1) is 19.8 Å². The normalized spacial score (nSPS) is 24.0. The van der Waals surface area contributed by atoms with Gasteiger partial charge in [0.15, 0.2) is 0 Å². The minimum Gasteiger partial charge on any atom is -0.497 e. The molecule has 1 saturated heterocycles. The topological polar surface area (TPSA) is 105 Å². The Morgan fingerprint density at radius 3 is 2.56 bits per heavy atom. The third-order valence-electron chi connectivity index (χ3n) is 6.65. The monoisotopic (exact) mass is 446 g/mol. The van der Waals surface area contributed by atoms with E-state index in [1.807, 2.05) is 24.3 Å². The number of carbonyl (C=O) groups is 3. The van der Waals surface area contributed by atoms with Crippen molar-refractivity contribution in [1.82, 2.24) is 10.2 Å². The van der Waals surface area contributed by atoms with Gasteiger partial charge in [-0.25, -0.2) is 4.79 Å². The number of rotatable bonds is 10. The molecule has 1 aliphatic heterocycles. The van der Waals surface area contributed by atoms with E-state index < -0.39 is 30.1 Å². The van der Waals surface area contributed by atoms with Crippen molar-refractivity contribution in [3.8, 4) is 5.75 Å². The summed E-state index contributed by atoms with van der Waals surface area (Å²) in [5, 5.41) is 12.8. The van der Waals surface area contributed by atoms with E-state index in [-0.39, 0.29) is 24.5 Å². The second-order valence-corrected chi connectivity index (χ2v) is 8.67. The zero-order chi connectivity index (χ0) is 23.3. The predicted molar refractivity (Wildman–Crippen MR) is 118 cm³/mol. The maximum Gasteiger partial charge on any atom is 0.326 e. The Kier molecular flexibility index (Phi) is 8.12. The largest absolute Gasteiger partial charge is 0.497 e. The van der Waals surface area contributed by atoms with Crippen LogP contribution in [0.5, 0.6) is 5.75 Å². The average molecular weight is 447 g/mol. The van der Waals surface area contributed by atoms with E-state index in [1.165, 1.54) is 0 Å². The smallest absolute Gasteiger partial charge is 0.326 e. The van der Waals surface area contributed by atoms with Gasteiger partial charge in [-0.05, 0) is 69.6 Å². The number of amides is 1. The molecule has 8 heteroatoms. The molecule has 1 aliphatic carbocycles. The van der Waals surface area contributed by atoms with Gasteiger partial charge in [0.25, 0.3) is 0 Å². The van der Waals surface area contributed by atoms with Crippen LogP contribution in [0.3, 0.4) is 0 Å². The molecule has 2 N–H and O–H groups in total. The van der Waals surface area contributed by atoms with E-state index >= 15 is 0 Å². The first kappa shape index (κ1) is 24.0. The van der Waals surface area contributed by atoms with Crippen molar-refractivity contribution in [3.63, 3.8) is 0 Å². The summed E-state index contributed by atoms with van der Waals surface area (Å²) < 4.78 is 10.4. The number of ether oxygens (including phenoxy) is 2. The Morgan fingerprint density at radius 2 is 1.94 bits per heavy atom. The molecule has 2 fully saturated rings. The van der Waals surface area contributed by atoms with Crippen molar-refractivity contribution in [3.05, 3.63) is 29.8 Å². The first-order chi connectivity index (χ1) is 15.3. The van der Waals surface area contributed by atoms with Crippen molar-refractivity contribution >= 4 is 17.8 Å². The number of methoxy groups -OCH3 is 1. The van der Waals surface area contributed by atoms with Gasteiger partial charge in [-0.1, -0.05) is 18.6 Å². The second kappa shape index (κ2) is 10.8. The molecule has 0 unspecified atom stereocenters. The number of carboxylic acids is 1. The highest BCUT2D eigenvalue weighted by Gasteiger charge is 2.49. The summed E-state index contributed by atoms with van der Waals surface area (Å²) in [6.45, 7) is 3.69. The Morgan fingerprint density at radius 1 is 1.22 bits per heavy atom. The molecule has 5 atom stereocenters. The molecule has 1 aromatic carbocycles. The molecular formula is C24H34N2O6. The van der Waals surface area contributed by atoms with Crippen LogP contribution in [0.2, 0.25) is 0 Å². The number of carbonyl (C=O) groups excluding carboxylic acids is 2. The van der Waals surface area contributed by atoms with Crippen molar-refractivity contribution in [2.75, 3.05) is 13.7 Å². The molecule has 0 spiro atoms. The van der Waals surface area contributed by atoms with Gasteiger partial charge < -0.3 is 19.5 Å². The number of fused-ring (bicyclic) bond motifs is 1. The average Bonchev–Trinajstić information content (AvgIpc) is 3.38. The highest BCUT2D eigenvalue weighted by atomic mass is 16.5. The third-order valence-corrected chi connectivity index (χ3v) is 6.65. The van der Waals surface area contributed by atoms with E-state index in [9.17, 15) is 19.5 Å². The van der Waals surface area contributed by atoms with Crippen LogP contribution in [0, 0.1) is 5.92 Å². The fourth-order valence-electron chi connectivity index (χ4n) is 5.04. The standard InChI is InChI=1S/C24H34N2O6/c1-4-32-24(30)19(13-10-16-8-11-18(31-3)12-9-16)25-15(2)22(27)26-20-7-5-6-17(20)14-21(26)23(28)29/h8-9,11-12,15,17,19-21,25H,4-7,10,13-14H2,1-3H3,(H,28,29)/t15-,17-,19-,20-,21-/m0/s1. The molecule has 3 rings (SSSR count). The van der Waals surface area contributed by atoms with Crippen molar-refractivity contribution in [1.29, 1.82) is 0 Å². The molecule has 176 valence electrons. The summed E-state index contributed by atoms with van der Waals surface area (Å²) in [5.74, 6) is -0.609. The highest BCUT2D eigenvalue weighted by Crippen LogP contribution is 2.41. The minimum atomic E-state index is -0.957. The molecule has 1 saturated carbocycles. The number of carboxylic acid groups (broad SMARTS) is 1. The number of nitrogens with zero attached hydrogens (tertiary/aromatic N) is 1. The first-order valence-electron chi connectivity index (χ1n) is 11.5. The quantitative estimate of drug-likeness (QED) is 0.532. The summed E-state index contributed by atoms with van der Waals surface area (Å²) >= 11 is 0. The first-order valence-corrected chi connectivity index (χ1v) is 11.5. The lowest BCUT2D eigenvalue weighted by Crippen LogP contribution is -2.55. The van der Waals surface area contributed by atoms with Gasteiger partial charge >= 0.3 is 11.9 Å². The Labute approximate surface area is 189 Å². The minimum absolute atomic E-state index is 0.0202. The van der Waals surface area contributed by atoms with Crippen LogP contribution in [-0.2, 0) is 25.5 Å². The summed E-state index contributed by atoms with van der Waals surface area (Å²) in [5.41, 5.74) is 1.04. The zero-order valence-electron chi connectivity index (χ0n) is 19.1. The number of hydrogen-bond donors (Lipinski definition) is 2. The molecule has 2 aliphatic rings. The Hall–Kier alpha value is -2.61. The van der Waals surface area contributed by atoms with Crippen molar-refractivity contribution in [2.45, 2.75) is 76.5 Å². The number of likely N-dealkylation sites (tertiary alicyclic amines) is 1. The van der Waals surface area contributed by atoms with Crippen LogP contribution >= 0.6 is 0 Å². The van der Waals surface area contributed by atoms with E-state index in [4.69, 9.17) is 9.47 Å². The van der Waals surface area contributed by atoms with E-state index in [2.05, 4.69) is 5.32 Å². The van der Waals surface area contributed by atoms with Crippen LogP contribution in [-0.4, -0.2) is 65.7 Å². The molecule has 32 heavy (non-hydrogen) atoms. The summed E-state index contributed by atoms with van der Waals surface area (Å²) in [6, 6.07) is 5.45. The predicted octanol–water partition coefficient (Wildman–Crippen LogP) is 2.39.